The molecule has 0 amide bonds. The van der Waals surface area contributed by atoms with Crippen molar-refractivity contribution in [2.24, 2.45) is 0 Å². The molecular weight excluding hydrogens is 767 g/mol. The van der Waals surface area contributed by atoms with E-state index in [0.29, 0.717) is 17.5 Å². The second-order valence-corrected chi connectivity index (χ2v) is 16.4. The van der Waals surface area contributed by atoms with Gasteiger partial charge in [0.25, 0.3) is 0 Å². The zero-order chi connectivity index (χ0) is 41.5. The van der Waals surface area contributed by atoms with Gasteiger partial charge in [0, 0.05) is 43.9 Å². The summed E-state index contributed by atoms with van der Waals surface area (Å²) in [5.74, 6) is 1.89. The Morgan fingerprint density at radius 1 is 0.317 bits per heavy atom. The van der Waals surface area contributed by atoms with Crippen molar-refractivity contribution in [3.8, 4) is 45.5 Å². The molecule has 1 aliphatic heterocycles. The van der Waals surface area contributed by atoms with Crippen LogP contribution in [0.1, 0.15) is 22.3 Å². The molecule has 5 nitrogen and oxygen atoms in total. The van der Waals surface area contributed by atoms with Gasteiger partial charge in [-0.2, -0.15) is 0 Å². The first-order valence-electron chi connectivity index (χ1n) is 21.5. The smallest absolute Gasteiger partial charge is 0.164 e. The molecule has 0 fully saturated rings. The number of fused-ring (bicyclic) bond motifs is 8. The van der Waals surface area contributed by atoms with Crippen molar-refractivity contribution in [1.29, 1.82) is 0 Å². The summed E-state index contributed by atoms with van der Waals surface area (Å²) in [6.07, 6.45) is 0. The number of hydrogen-bond acceptors (Lipinski definition) is 3. The van der Waals surface area contributed by atoms with Gasteiger partial charge in [0.1, 0.15) is 0 Å². The van der Waals surface area contributed by atoms with Crippen LogP contribution in [-0.4, -0.2) is 24.1 Å². The maximum absolute atomic E-state index is 5.30. The highest BCUT2D eigenvalue weighted by Gasteiger charge is 2.45. The molecule has 1 aliphatic rings. The topological polar surface area (TPSA) is 48.5 Å². The summed E-state index contributed by atoms with van der Waals surface area (Å²) in [4.78, 5) is 15.7. The molecule has 0 saturated carbocycles. The number of para-hydroxylation sites is 4. The molecule has 0 unspecified atom stereocenters. The van der Waals surface area contributed by atoms with E-state index in [4.69, 9.17) is 15.0 Å². The van der Waals surface area contributed by atoms with E-state index in [0.717, 1.165) is 49.7 Å². The Bertz CT molecular complexity index is 3680. The Morgan fingerprint density at radius 3 is 1.46 bits per heavy atom. The summed E-state index contributed by atoms with van der Waals surface area (Å²) in [7, 11) is 0. The quantitative estimate of drug-likeness (QED) is 0.168. The van der Waals surface area contributed by atoms with E-state index in [2.05, 4.69) is 215 Å². The van der Waals surface area contributed by atoms with Crippen LogP contribution < -0.4 is 0 Å². The average Bonchev–Trinajstić information content (AvgIpc) is 3.88. The molecule has 0 saturated heterocycles. The fraction of sp³-hybridized carbons (Fsp3) is 0.0172. The number of nitrogens with zero attached hydrogens (tertiary/aromatic N) is 5. The highest BCUT2D eigenvalue weighted by molar-refractivity contribution is 6.13. The molecule has 3 aromatic heterocycles. The minimum absolute atomic E-state index is 0.534. The number of aromatic nitrogens is 5. The zero-order valence-electron chi connectivity index (χ0n) is 34.1. The van der Waals surface area contributed by atoms with Crippen LogP contribution in [0.2, 0.25) is 0 Å². The SMILES string of the molecule is c1ccc(-c2nc(-c3ccc4c(c3)c3ccccc3n4-c3ccccc3)nc(-c3ccc4c(c3)c3cccc5c3n4-c3ccccc3C5(c3ccccc3)c3ccccc3)n2)cc1. The van der Waals surface area contributed by atoms with Gasteiger partial charge in [-0.3, -0.25) is 0 Å². The predicted molar refractivity (Wildman–Crippen MR) is 257 cm³/mol. The Balaban J connectivity index is 1.04. The van der Waals surface area contributed by atoms with E-state index >= 15 is 0 Å². The van der Waals surface area contributed by atoms with Crippen LogP contribution in [-0.2, 0) is 5.41 Å². The van der Waals surface area contributed by atoms with Gasteiger partial charge in [-0.1, -0.05) is 164 Å². The minimum Gasteiger partial charge on any atom is -0.309 e. The highest BCUT2D eigenvalue weighted by Crippen LogP contribution is 2.54. The molecule has 13 rings (SSSR count). The van der Waals surface area contributed by atoms with Crippen LogP contribution in [0.4, 0.5) is 0 Å². The Labute approximate surface area is 363 Å². The predicted octanol–water partition coefficient (Wildman–Crippen LogP) is 13.8. The summed E-state index contributed by atoms with van der Waals surface area (Å²) in [5, 5.41) is 4.66. The molecule has 0 spiro atoms. The van der Waals surface area contributed by atoms with Crippen molar-refractivity contribution in [3.05, 3.63) is 247 Å². The third kappa shape index (κ3) is 5.20. The van der Waals surface area contributed by atoms with Crippen LogP contribution >= 0.6 is 0 Å². The molecule has 5 heteroatoms. The third-order valence-corrected chi connectivity index (χ3v) is 13.0. The van der Waals surface area contributed by atoms with Crippen LogP contribution in [0.5, 0.6) is 0 Å². The maximum atomic E-state index is 5.30. The standard InChI is InChI=1S/C58H37N5/c1-5-18-38(19-6-1)55-59-56(39-32-34-51-46(36-39)44-26-13-15-30-50(44)62(51)43-24-11-4-12-25-43)61-57(60-55)40-33-35-52-47(37-40)45-27-17-29-49-54(45)63(52)53-31-16-14-28-48(53)58(49,41-20-7-2-8-21-41)42-22-9-3-10-23-42/h1-37H. The second kappa shape index (κ2) is 13.8. The van der Waals surface area contributed by atoms with Gasteiger partial charge < -0.3 is 9.13 Å². The lowest BCUT2D eigenvalue weighted by atomic mass is 9.63. The number of rotatable bonds is 6. The van der Waals surface area contributed by atoms with Crippen molar-refractivity contribution in [1.82, 2.24) is 24.1 Å². The van der Waals surface area contributed by atoms with Crippen molar-refractivity contribution in [2.75, 3.05) is 0 Å². The molecule has 0 atom stereocenters. The second-order valence-electron chi connectivity index (χ2n) is 16.4. The summed E-state index contributed by atoms with van der Waals surface area (Å²) in [6.45, 7) is 0. The lowest BCUT2D eigenvalue weighted by molar-refractivity contribution is 0.728. The summed E-state index contributed by atoms with van der Waals surface area (Å²) in [6, 6.07) is 80.4. The molecule has 0 radical (unpaired) electrons. The molecule has 0 N–H and O–H groups in total. The molecule has 9 aromatic carbocycles. The van der Waals surface area contributed by atoms with E-state index < -0.39 is 5.41 Å². The molecule has 0 aliphatic carbocycles. The van der Waals surface area contributed by atoms with Crippen molar-refractivity contribution < 1.29 is 0 Å². The lowest BCUT2D eigenvalue weighted by Crippen LogP contribution is -2.35. The van der Waals surface area contributed by atoms with Crippen LogP contribution in [0, 0.1) is 0 Å². The van der Waals surface area contributed by atoms with Gasteiger partial charge in [0.2, 0.25) is 0 Å². The fourth-order valence-electron chi connectivity index (χ4n) is 10.4. The third-order valence-electron chi connectivity index (χ3n) is 13.0. The van der Waals surface area contributed by atoms with E-state index in [1.165, 1.54) is 44.2 Å². The maximum Gasteiger partial charge on any atom is 0.164 e. The first kappa shape index (κ1) is 35.4. The summed E-state index contributed by atoms with van der Waals surface area (Å²) < 4.78 is 4.80. The Hall–Kier alpha value is -8.41. The van der Waals surface area contributed by atoms with E-state index in [9.17, 15) is 0 Å². The fourth-order valence-corrected chi connectivity index (χ4v) is 10.4. The van der Waals surface area contributed by atoms with Crippen LogP contribution in [0.25, 0.3) is 89.2 Å². The van der Waals surface area contributed by atoms with Crippen molar-refractivity contribution in [3.63, 3.8) is 0 Å². The van der Waals surface area contributed by atoms with Gasteiger partial charge >= 0.3 is 0 Å². The normalized spacial score (nSPS) is 12.9. The first-order valence-corrected chi connectivity index (χ1v) is 21.5. The molecule has 63 heavy (non-hydrogen) atoms. The summed E-state index contributed by atoms with van der Waals surface area (Å²) >= 11 is 0. The molecule has 0 bridgehead atoms. The van der Waals surface area contributed by atoms with Gasteiger partial charge in [0.15, 0.2) is 17.5 Å². The van der Waals surface area contributed by atoms with Gasteiger partial charge in [-0.15, -0.1) is 0 Å². The van der Waals surface area contributed by atoms with E-state index in [1.807, 2.05) is 18.2 Å². The summed E-state index contributed by atoms with van der Waals surface area (Å²) in [5.41, 5.74) is 14.2. The van der Waals surface area contributed by atoms with Crippen molar-refractivity contribution in [2.45, 2.75) is 5.41 Å². The molecule has 12 aromatic rings. The largest absolute Gasteiger partial charge is 0.309 e. The minimum atomic E-state index is -0.534. The molecular formula is C58H37N5. The Kier molecular flexibility index (Phi) is 7.75. The first-order chi connectivity index (χ1) is 31.3. The molecule has 294 valence electrons. The van der Waals surface area contributed by atoms with E-state index in [-0.39, 0.29) is 0 Å². The highest BCUT2D eigenvalue weighted by atomic mass is 15.0. The van der Waals surface area contributed by atoms with Gasteiger partial charge in [0.05, 0.1) is 33.2 Å². The number of benzene rings is 9. The van der Waals surface area contributed by atoms with Crippen molar-refractivity contribution >= 4 is 43.6 Å². The van der Waals surface area contributed by atoms with Crippen LogP contribution in [0.15, 0.2) is 224 Å². The van der Waals surface area contributed by atoms with Crippen LogP contribution in [0.3, 0.4) is 0 Å². The van der Waals surface area contributed by atoms with Gasteiger partial charge in [-0.05, 0) is 82.9 Å². The Morgan fingerprint density at radius 2 is 0.794 bits per heavy atom. The monoisotopic (exact) mass is 803 g/mol. The van der Waals surface area contributed by atoms with Gasteiger partial charge in [-0.25, -0.2) is 15.0 Å². The number of hydrogen-bond donors (Lipinski definition) is 0. The molecule has 4 heterocycles. The average molecular weight is 804 g/mol. The van der Waals surface area contributed by atoms with E-state index in [1.54, 1.807) is 0 Å². The zero-order valence-corrected chi connectivity index (χ0v) is 34.1. The lowest BCUT2D eigenvalue weighted by Gasteiger charge is -2.41.